The predicted octanol–water partition coefficient (Wildman–Crippen LogP) is 4.41. The van der Waals surface area contributed by atoms with Crippen molar-refractivity contribution in [3.63, 3.8) is 0 Å². The first-order chi connectivity index (χ1) is 14.5. The highest BCUT2D eigenvalue weighted by atomic mass is 19.1. The Bertz CT molecular complexity index is 962. The first-order valence-electron chi connectivity index (χ1n) is 9.61. The molecule has 0 aromatic heterocycles. The van der Waals surface area contributed by atoms with E-state index in [1.165, 1.54) is 11.0 Å². The summed E-state index contributed by atoms with van der Waals surface area (Å²) in [6.07, 6.45) is -0.991. The molecular weight excluding hydrogens is 391 g/mol. The van der Waals surface area contributed by atoms with Crippen LogP contribution in [0.4, 0.5) is 9.18 Å². The van der Waals surface area contributed by atoms with Crippen LogP contribution in [-0.2, 0) is 11.2 Å². The number of morpholine rings is 1. The molecular formula is C21H23FN4O4. The van der Waals surface area contributed by atoms with Gasteiger partial charge in [0, 0.05) is 23.4 Å². The second-order valence-corrected chi connectivity index (χ2v) is 7.01. The maximum Gasteiger partial charge on any atom is 0.407 e. The van der Waals surface area contributed by atoms with Crippen LogP contribution in [0.3, 0.4) is 0 Å². The zero-order chi connectivity index (χ0) is 21.5. The van der Waals surface area contributed by atoms with Crippen molar-refractivity contribution >= 4 is 6.09 Å². The molecule has 158 valence electrons. The molecule has 0 aliphatic carbocycles. The van der Waals surface area contributed by atoms with Gasteiger partial charge in [-0.1, -0.05) is 41.0 Å². The lowest BCUT2D eigenvalue weighted by Gasteiger charge is -2.31. The number of azide groups is 1. The summed E-state index contributed by atoms with van der Waals surface area (Å²) in [5, 5.41) is 12.6. The Labute approximate surface area is 173 Å². The first-order valence-corrected chi connectivity index (χ1v) is 9.61. The van der Waals surface area contributed by atoms with E-state index >= 15 is 4.39 Å². The van der Waals surface area contributed by atoms with Gasteiger partial charge in [0.15, 0.2) is 11.6 Å². The van der Waals surface area contributed by atoms with Gasteiger partial charge in [0.25, 0.3) is 0 Å². The zero-order valence-corrected chi connectivity index (χ0v) is 16.6. The molecule has 8 nitrogen and oxygen atoms in total. The summed E-state index contributed by atoms with van der Waals surface area (Å²) < 4.78 is 26.6. The van der Waals surface area contributed by atoms with Crippen LogP contribution in [0, 0.1) is 12.7 Å². The predicted molar refractivity (Wildman–Crippen MR) is 109 cm³/mol. The SMILES string of the molecule is Cc1cccc(-c2c(CC3CN(C(=O)O)CCO3)ccc(OCCN=[N+]=[N-])c2F)c1. The molecule has 0 spiro atoms. The van der Waals surface area contributed by atoms with Crippen molar-refractivity contribution in [3.8, 4) is 16.9 Å². The minimum absolute atomic E-state index is 0.0624. The molecule has 2 aromatic rings. The minimum atomic E-state index is -0.989. The van der Waals surface area contributed by atoms with E-state index in [-0.39, 0.29) is 31.5 Å². The van der Waals surface area contributed by atoms with E-state index in [9.17, 15) is 9.90 Å². The van der Waals surface area contributed by atoms with Crippen LogP contribution in [-0.4, -0.2) is 55.1 Å². The summed E-state index contributed by atoms with van der Waals surface area (Å²) >= 11 is 0. The number of nitrogens with zero attached hydrogens (tertiary/aromatic N) is 4. The lowest BCUT2D eigenvalue weighted by molar-refractivity contribution is -0.0210. The van der Waals surface area contributed by atoms with Crippen molar-refractivity contribution in [2.75, 3.05) is 32.8 Å². The topological polar surface area (TPSA) is 108 Å². The highest BCUT2D eigenvalue weighted by molar-refractivity contribution is 5.71. The summed E-state index contributed by atoms with van der Waals surface area (Å²) in [5.41, 5.74) is 11.2. The smallest absolute Gasteiger partial charge is 0.407 e. The van der Waals surface area contributed by atoms with Crippen LogP contribution in [0.1, 0.15) is 11.1 Å². The van der Waals surface area contributed by atoms with E-state index in [1.807, 2.05) is 31.2 Å². The normalized spacial score (nSPS) is 16.1. The van der Waals surface area contributed by atoms with Gasteiger partial charge in [0.05, 0.1) is 32.4 Å². The van der Waals surface area contributed by atoms with E-state index in [0.717, 1.165) is 5.56 Å². The number of halogens is 1. The molecule has 9 heteroatoms. The molecule has 1 fully saturated rings. The summed E-state index contributed by atoms with van der Waals surface area (Å²) in [6.45, 7) is 2.94. The first kappa shape index (κ1) is 21.4. The van der Waals surface area contributed by atoms with E-state index in [1.54, 1.807) is 6.07 Å². The van der Waals surface area contributed by atoms with Crippen molar-refractivity contribution in [3.05, 3.63) is 63.8 Å². The number of carboxylic acid groups (broad SMARTS) is 1. The average Bonchev–Trinajstić information content (AvgIpc) is 2.73. The van der Waals surface area contributed by atoms with Crippen molar-refractivity contribution < 1.29 is 23.8 Å². The van der Waals surface area contributed by atoms with Gasteiger partial charge in [0.2, 0.25) is 0 Å². The molecule has 1 unspecified atom stereocenters. The van der Waals surface area contributed by atoms with Gasteiger partial charge in [-0.05, 0) is 29.6 Å². The Morgan fingerprint density at radius 2 is 2.27 bits per heavy atom. The Morgan fingerprint density at radius 1 is 1.43 bits per heavy atom. The third-order valence-electron chi connectivity index (χ3n) is 4.87. The summed E-state index contributed by atoms with van der Waals surface area (Å²) in [6, 6.07) is 10.8. The fraction of sp³-hybridized carbons (Fsp3) is 0.381. The quantitative estimate of drug-likeness (QED) is 0.313. The molecule has 1 heterocycles. The lowest BCUT2D eigenvalue weighted by Crippen LogP contribution is -2.45. The zero-order valence-electron chi connectivity index (χ0n) is 16.6. The molecule has 1 aliphatic rings. The molecule has 0 saturated carbocycles. The molecule has 1 aliphatic heterocycles. The summed E-state index contributed by atoms with van der Waals surface area (Å²) in [4.78, 5) is 15.3. The van der Waals surface area contributed by atoms with Gasteiger partial charge < -0.3 is 19.5 Å². The number of amides is 1. The number of hydrogen-bond acceptors (Lipinski definition) is 4. The highest BCUT2D eigenvalue weighted by Gasteiger charge is 2.26. The van der Waals surface area contributed by atoms with Crippen LogP contribution in [0.2, 0.25) is 0 Å². The number of aryl methyl sites for hydroxylation is 1. The number of benzene rings is 2. The minimum Gasteiger partial charge on any atom is -0.490 e. The molecule has 2 aromatic carbocycles. The third kappa shape index (κ3) is 5.20. The summed E-state index contributed by atoms with van der Waals surface area (Å²) in [5.74, 6) is -0.440. The van der Waals surface area contributed by atoms with Gasteiger partial charge in [-0.3, -0.25) is 0 Å². The molecule has 30 heavy (non-hydrogen) atoms. The molecule has 1 saturated heterocycles. The van der Waals surface area contributed by atoms with Gasteiger partial charge in [-0.2, -0.15) is 0 Å². The number of rotatable bonds is 7. The third-order valence-corrected chi connectivity index (χ3v) is 4.87. The van der Waals surface area contributed by atoms with Gasteiger partial charge in [0.1, 0.15) is 0 Å². The average molecular weight is 414 g/mol. The maximum absolute atomic E-state index is 15.4. The maximum atomic E-state index is 15.4. The lowest BCUT2D eigenvalue weighted by atomic mass is 9.93. The molecule has 3 rings (SSSR count). The molecule has 1 amide bonds. The second-order valence-electron chi connectivity index (χ2n) is 7.01. The standard InChI is InChI=1S/C21H23FN4O4/c1-14-3-2-4-15(11-14)19-16(12-17-13-26(21(27)28)8-10-29-17)5-6-18(20(19)22)30-9-7-24-25-23/h2-6,11,17H,7-10,12-13H2,1H3,(H,27,28). The van der Waals surface area contributed by atoms with Crippen LogP contribution in [0.25, 0.3) is 21.6 Å². The largest absolute Gasteiger partial charge is 0.490 e. The number of ether oxygens (including phenoxy) is 2. The Morgan fingerprint density at radius 3 is 3.00 bits per heavy atom. The number of hydrogen-bond donors (Lipinski definition) is 1. The van der Waals surface area contributed by atoms with Crippen molar-refractivity contribution in [1.82, 2.24) is 4.90 Å². The fourth-order valence-electron chi connectivity index (χ4n) is 3.49. The van der Waals surface area contributed by atoms with Gasteiger partial charge >= 0.3 is 6.09 Å². The second kappa shape index (κ2) is 9.96. The Balaban J connectivity index is 1.92. The van der Waals surface area contributed by atoms with Gasteiger partial charge in [-0.25, -0.2) is 9.18 Å². The summed E-state index contributed by atoms with van der Waals surface area (Å²) in [7, 11) is 0. The fourth-order valence-corrected chi connectivity index (χ4v) is 3.49. The van der Waals surface area contributed by atoms with E-state index < -0.39 is 11.9 Å². The van der Waals surface area contributed by atoms with Crippen molar-refractivity contribution in [2.24, 2.45) is 5.11 Å². The van der Waals surface area contributed by atoms with Crippen LogP contribution < -0.4 is 4.74 Å². The van der Waals surface area contributed by atoms with Crippen LogP contribution in [0.5, 0.6) is 5.75 Å². The van der Waals surface area contributed by atoms with E-state index in [4.69, 9.17) is 15.0 Å². The van der Waals surface area contributed by atoms with E-state index in [0.29, 0.717) is 36.3 Å². The van der Waals surface area contributed by atoms with Crippen LogP contribution in [0.15, 0.2) is 41.5 Å². The molecule has 1 atom stereocenters. The van der Waals surface area contributed by atoms with Crippen molar-refractivity contribution in [2.45, 2.75) is 19.4 Å². The molecule has 0 bridgehead atoms. The molecule has 1 N–H and O–H groups in total. The highest BCUT2D eigenvalue weighted by Crippen LogP contribution is 2.34. The van der Waals surface area contributed by atoms with E-state index in [2.05, 4.69) is 10.0 Å². The Kier molecular flexibility index (Phi) is 7.11. The molecule has 0 radical (unpaired) electrons. The Hall–Kier alpha value is -3.29. The van der Waals surface area contributed by atoms with Crippen molar-refractivity contribution in [1.29, 1.82) is 0 Å². The monoisotopic (exact) mass is 414 g/mol. The van der Waals surface area contributed by atoms with Gasteiger partial charge in [-0.15, -0.1) is 0 Å². The number of carbonyl (C=O) groups is 1. The van der Waals surface area contributed by atoms with Crippen LogP contribution >= 0.6 is 0 Å².